The Morgan fingerprint density at radius 3 is 2.90 bits per heavy atom. The lowest BCUT2D eigenvalue weighted by atomic mass is 10.1. The van der Waals surface area contributed by atoms with E-state index < -0.39 is 0 Å². The van der Waals surface area contributed by atoms with E-state index in [1.54, 1.807) is 0 Å². The minimum atomic E-state index is 0.222. The molecule has 104 valence electrons. The number of halogens is 1. The Kier molecular flexibility index (Phi) is 3.36. The van der Waals surface area contributed by atoms with E-state index in [9.17, 15) is 0 Å². The van der Waals surface area contributed by atoms with E-state index in [0.717, 1.165) is 10.9 Å². The van der Waals surface area contributed by atoms with E-state index in [2.05, 4.69) is 39.6 Å². The number of benzene rings is 1. The fourth-order valence-corrected chi connectivity index (χ4v) is 2.20. The summed E-state index contributed by atoms with van der Waals surface area (Å²) >= 11 is 6.23. The van der Waals surface area contributed by atoms with Gasteiger partial charge in [0.2, 0.25) is 12.2 Å². The predicted molar refractivity (Wildman–Crippen MR) is 76.0 cm³/mol. The summed E-state index contributed by atoms with van der Waals surface area (Å²) in [6.07, 6.45) is 1.27. The second kappa shape index (κ2) is 5.17. The van der Waals surface area contributed by atoms with E-state index in [1.807, 2.05) is 12.1 Å². The third kappa shape index (κ3) is 2.49. The van der Waals surface area contributed by atoms with Gasteiger partial charge in [0, 0.05) is 22.7 Å². The number of aromatic amines is 1. The molecule has 0 aliphatic carbocycles. The molecule has 1 N–H and O–H groups in total. The highest BCUT2D eigenvalue weighted by Gasteiger charge is 2.10. The summed E-state index contributed by atoms with van der Waals surface area (Å²) in [7, 11) is 0. The molecular weight excluding hydrogens is 278 g/mol. The van der Waals surface area contributed by atoms with Gasteiger partial charge in [-0.3, -0.25) is 0 Å². The average molecular weight is 292 g/mol. The van der Waals surface area contributed by atoms with Gasteiger partial charge in [0.05, 0.1) is 5.02 Å². The molecule has 0 amide bonds. The number of hydrogen-bond donors (Lipinski definition) is 1. The Labute approximate surface area is 120 Å². The number of ether oxygens (including phenoxy) is 1. The number of aromatic nitrogens is 3. The summed E-state index contributed by atoms with van der Waals surface area (Å²) in [5.74, 6) is 1.52. The van der Waals surface area contributed by atoms with Crippen molar-refractivity contribution in [3.05, 3.63) is 41.1 Å². The van der Waals surface area contributed by atoms with E-state index in [1.165, 1.54) is 12.1 Å². The monoisotopic (exact) mass is 291 g/mol. The van der Waals surface area contributed by atoms with E-state index in [0.29, 0.717) is 22.5 Å². The Balaban J connectivity index is 1.88. The van der Waals surface area contributed by atoms with Gasteiger partial charge in [0.1, 0.15) is 5.75 Å². The van der Waals surface area contributed by atoms with Crippen molar-refractivity contribution in [2.24, 2.45) is 0 Å². The van der Waals surface area contributed by atoms with E-state index in [4.69, 9.17) is 16.3 Å². The standard InChI is InChI=1S/C14H14ClN3O2/c1-8(2)11-4-9-3-10(15)13(5-12(9)17-11)19-6-14-16-7-20-18-14/h3-5,7-8,17H,6H2,1-2H3. The zero-order valence-corrected chi connectivity index (χ0v) is 11.9. The minimum absolute atomic E-state index is 0.222. The number of fused-ring (bicyclic) bond motifs is 1. The highest BCUT2D eigenvalue weighted by atomic mass is 35.5. The summed E-state index contributed by atoms with van der Waals surface area (Å²) < 4.78 is 10.3. The number of rotatable bonds is 4. The third-order valence-corrected chi connectivity index (χ3v) is 3.38. The third-order valence-electron chi connectivity index (χ3n) is 3.08. The molecule has 3 aromatic rings. The largest absolute Gasteiger partial charge is 0.484 e. The van der Waals surface area contributed by atoms with Crippen LogP contribution in [-0.2, 0) is 6.61 Å². The Hall–Kier alpha value is -2.01. The van der Waals surface area contributed by atoms with Crippen molar-refractivity contribution in [1.29, 1.82) is 0 Å². The highest BCUT2D eigenvalue weighted by Crippen LogP contribution is 2.32. The normalized spacial score (nSPS) is 11.4. The van der Waals surface area contributed by atoms with E-state index >= 15 is 0 Å². The predicted octanol–water partition coefficient (Wildman–Crippen LogP) is 3.91. The molecule has 0 saturated heterocycles. The smallest absolute Gasteiger partial charge is 0.213 e. The molecule has 3 rings (SSSR count). The van der Waals surface area contributed by atoms with Crippen LogP contribution < -0.4 is 4.74 Å². The molecule has 0 aliphatic rings. The maximum Gasteiger partial charge on any atom is 0.213 e. The van der Waals surface area contributed by atoms with Gasteiger partial charge in [-0.15, -0.1) is 0 Å². The molecule has 0 spiro atoms. The van der Waals surface area contributed by atoms with Gasteiger partial charge in [-0.2, -0.15) is 4.98 Å². The van der Waals surface area contributed by atoms with Gasteiger partial charge in [-0.25, -0.2) is 0 Å². The topological polar surface area (TPSA) is 63.9 Å². The van der Waals surface area contributed by atoms with Crippen molar-refractivity contribution >= 4 is 22.5 Å². The van der Waals surface area contributed by atoms with E-state index in [-0.39, 0.29) is 6.61 Å². The SMILES string of the molecule is CC(C)c1cc2cc(Cl)c(OCc3ncon3)cc2[nH]1. The number of H-pyrrole nitrogens is 1. The molecule has 20 heavy (non-hydrogen) atoms. The second-order valence-electron chi connectivity index (χ2n) is 4.89. The summed E-state index contributed by atoms with van der Waals surface area (Å²) in [5.41, 5.74) is 2.17. The lowest BCUT2D eigenvalue weighted by Gasteiger charge is -2.05. The van der Waals surface area contributed by atoms with Gasteiger partial charge < -0.3 is 14.2 Å². The molecule has 2 heterocycles. The first-order chi connectivity index (χ1) is 9.63. The van der Waals surface area contributed by atoms with Gasteiger partial charge in [-0.1, -0.05) is 30.6 Å². The summed E-state index contributed by atoms with van der Waals surface area (Å²) in [4.78, 5) is 7.26. The first-order valence-corrected chi connectivity index (χ1v) is 6.71. The highest BCUT2D eigenvalue weighted by molar-refractivity contribution is 6.32. The van der Waals surface area contributed by atoms with Crippen molar-refractivity contribution in [1.82, 2.24) is 15.1 Å². The molecule has 0 radical (unpaired) electrons. The Bertz CT molecular complexity index is 719. The quantitative estimate of drug-likeness (QED) is 0.791. The molecule has 0 fully saturated rings. The number of hydrogen-bond acceptors (Lipinski definition) is 4. The summed E-state index contributed by atoms with van der Waals surface area (Å²) in [6.45, 7) is 4.50. The maximum atomic E-state index is 6.23. The molecule has 0 aliphatic heterocycles. The number of nitrogens with one attached hydrogen (secondary N) is 1. The van der Waals surface area contributed by atoms with Gasteiger partial charge >= 0.3 is 0 Å². The van der Waals surface area contributed by atoms with Crippen LogP contribution in [0.4, 0.5) is 0 Å². The van der Waals surface area contributed by atoms with Crippen LogP contribution in [0, 0.1) is 0 Å². The first kappa shape index (κ1) is 13.0. The first-order valence-electron chi connectivity index (χ1n) is 6.33. The van der Waals surface area contributed by atoms with Crippen LogP contribution in [0.2, 0.25) is 5.02 Å². The number of nitrogens with zero attached hydrogens (tertiary/aromatic N) is 2. The molecule has 0 unspecified atom stereocenters. The zero-order valence-electron chi connectivity index (χ0n) is 11.2. The van der Waals surface area contributed by atoms with Gasteiger partial charge in [0.25, 0.3) is 0 Å². The zero-order chi connectivity index (χ0) is 14.1. The molecule has 0 atom stereocenters. The molecule has 0 saturated carbocycles. The van der Waals surface area contributed by atoms with Crippen LogP contribution in [0.25, 0.3) is 10.9 Å². The van der Waals surface area contributed by atoms with Crippen LogP contribution in [0.15, 0.2) is 29.1 Å². The van der Waals surface area contributed by atoms with Crippen molar-refractivity contribution in [2.75, 3.05) is 0 Å². The van der Waals surface area contributed by atoms with Crippen molar-refractivity contribution in [2.45, 2.75) is 26.4 Å². The Morgan fingerprint density at radius 1 is 1.35 bits per heavy atom. The minimum Gasteiger partial charge on any atom is -0.484 e. The summed E-state index contributed by atoms with van der Waals surface area (Å²) in [6, 6.07) is 5.89. The maximum absolute atomic E-state index is 6.23. The summed E-state index contributed by atoms with van der Waals surface area (Å²) in [5, 5.41) is 5.33. The molecule has 2 aromatic heterocycles. The van der Waals surface area contributed by atoms with Crippen molar-refractivity contribution < 1.29 is 9.26 Å². The Morgan fingerprint density at radius 2 is 2.20 bits per heavy atom. The van der Waals surface area contributed by atoms with Crippen LogP contribution in [-0.4, -0.2) is 15.1 Å². The molecule has 6 heteroatoms. The molecule has 5 nitrogen and oxygen atoms in total. The van der Waals surface area contributed by atoms with Crippen LogP contribution in [0.3, 0.4) is 0 Å². The lowest BCUT2D eigenvalue weighted by Crippen LogP contribution is -1.97. The van der Waals surface area contributed by atoms with Crippen molar-refractivity contribution in [3.63, 3.8) is 0 Å². The fourth-order valence-electron chi connectivity index (χ4n) is 1.98. The van der Waals surface area contributed by atoms with Gasteiger partial charge in [-0.05, 0) is 18.1 Å². The van der Waals surface area contributed by atoms with Crippen LogP contribution in [0.1, 0.15) is 31.3 Å². The second-order valence-corrected chi connectivity index (χ2v) is 5.29. The molecule has 1 aromatic carbocycles. The average Bonchev–Trinajstić information content (AvgIpc) is 3.04. The van der Waals surface area contributed by atoms with Crippen LogP contribution >= 0.6 is 11.6 Å². The lowest BCUT2D eigenvalue weighted by molar-refractivity contribution is 0.287. The van der Waals surface area contributed by atoms with Crippen LogP contribution in [0.5, 0.6) is 5.75 Å². The molecule has 0 bridgehead atoms. The van der Waals surface area contributed by atoms with Gasteiger partial charge in [0.15, 0.2) is 6.61 Å². The van der Waals surface area contributed by atoms with Crippen molar-refractivity contribution in [3.8, 4) is 5.75 Å². The molecular formula is C14H14ClN3O2. The fraction of sp³-hybridized carbons (Fsp3) is 0.286.